The van der Waals surface area contributed by atoms with E-state index >= 15 is 0 Å². The summed E-state index contributed by atoms with van der Waals surface area (Å²) in [7, 11) is 1.50. The average molecular weight is 625 g/mol. The molecule has 4 aromatic rings. The Morgan fingerprint density at radius 2 is 1.73 bits per heavy atom. The van der Waals surface area contributed by atoms with E-state index in [-0.39, 0.29) is 18.9 Å². The standard InChI is InChI=1S/C29H23BrClN3O6/c1-38-27-15-20(14-24(30)28(27)40-17-19-10-12-22(13-11-19)34(36)37)16-32-33-29(35)23-7-3-5-9-26(23)39-18-21-6-2-4-8-25(21)31/h2-16H,17-18H2,1H3,(H,33,35)/b32-16+. The van der Waals surface area contributed by atoms with E-state index in [9.17, 15) is 14.9 Å². The fraction of sp³-hybridized carbons (Fsp3) is 0.103. The number of halogens is 2. The Kier molecular flexibility index (Phi) is 9.71. The number of carbonyl (C=O) groups is 1. The van der Waals surface area contributed by atoms with Crippen molar-refractivity contribution in [3.8, 4) is 17.2 Å². The Hall–Kier alpha value is -4.41. The largest absolute Gasteiger partial charge is 0.493 e. The highest BCUT2D eigenvalue weighted by atomic mass is 79.9. The quantitative estimate of drug-likeness (QED) is 0.110. The normalized spacial score (nSPS) is 10.8. The van der Waals surface area contributed by atoms with Gasteiger partial charge in [0.15, 0.2) is 11.5 Å². The van der Waals surface area contributed by atoms with Gasteiger partial charge in [-0.1, -0.05) is 41.9 Å². The molecule has 0 saturated carbocycles. The number of nitrogens with zero attached hydrogens (tertiary/aromatic N) is 2. The van der Waals surface area contributed by atoms with Gasteiger partial charge in [-0.25, -0.2) is 5.43 Å². The molecule has 0 radical (unpaired) electrons. The zero-order valence-electron chi connectivity index (χ0n) is 21.2. The van der Waals surface area contributed by atoms with Crippen LogP contribution >= 0.6 is 27.5 Å². The summed E-state index contributed by atoms with van der Waals surface area (Å²) in [6.45, 7) is 0.383. The van der Waals surface area contributed by atoms with E-state index in [0.29, 0.717) is 37.9 Å². The lowest BCUT2D eigenvalue weighted by Crippen LogP contribution is -2.18. The van der Waals surface area contributed by atoms with Crippen LogP contribution in [0.3, 0.4) is 0 Å². The first-order valence-electron chi connectivity index (χ1n) is 11.9. The second-order valence-corrected chi connectivity index (χ2v) is 9.58. The molecule has 204 valence electrons. The van der Waals surface area contributed by atoms with Crippen LogP contribution < -0.4 is 19.6 Å². The van der Waals surface area contributed by atoms with Crippen molar-refractivity contribution in [2.24, 2.45) is 5.10 Å². The molecule has 0 bridgehead atoms. The minimum Gasteiger partial charge on any atom is -0.493 e. The van der Waals surface area contributed by atoms with Gasteiger partial charge in [-0.3, -0.25) is 14.9 Å². The third-order valence-corrected chi connectivity index (χ3v) is 6.59. The molecule has 11 heteroatoms. The molecule has 4 rings (SSSR count). The number of benzene rings is 4. The molecule has 1 amide bonds. The van der Waals surface area contributed by atoms with E-state index < -0.39 is 10.8 Å². The van der Waals surface area contributed by atoms with Gasteiger partial charge in [0.25, 0.3) is 11.6 Å². The molecular formula is C29H23BrClN3O6. The smallest absolute Gasteiger partial charge is 0.275 e. The summed E-state index contributed by atoms with van der Waals surface area (Å²) < 4.78 is 17.8. The molecule has 40 heavy (non-hydrogen) atoms. The minimum absolute atomic E-state index is 0.00588. The van der Waals surface area contributed by atoms with E-state index in [0.717, 1.165) is 11.1 Å². The molecule has 0 heterocycles. The average Bonchev–Trinajstić information content (AvgIpc) is 2.96. The molecule has 0 fully saturated rings. The summed E-state index contributed by atoms with van der Waals surface area (Å²) in [6.07, 6.45) is 1.47. The summed E-state index contributed by atoms with van der Waals surface area (Å²) in [4.78, 5) is 23.2. The second-order valence-electron chi connectivity index (χ2n) is 8.32. The van der Waals surface area contributed by atoms with Crippen molar-refractivity contribution in [2.75, 3.05) is 7.11 Å². The Morgan fingerprint density at radius 1 is 1.00 bits per heavy atom. The number of non-ortho nitro benzene ring substituents is 1. The van der Waals surface area contributed by atoms with E-state index in [4.69, 9.17) is 25.8 Å². The number of para-hydroxylation sites is 1. The zero-order chi connectivity index (χ0) is 28.5. The molecular weight excluding hydrogens is 602 g/mol. The Labute approximate surface area is 243 Å². The van der Waals surface area contributed by atoms with E-state index in [1.807, 2.05) is 18.2 Å². The minimum atomic E-state index is -0.456. The van der Waals surface area contributed by atoms with Crippen molar-refractivity contribution in [3.63, 3.8) is 0 Å². The molecule has 0 aliphatic carbocycles. The molecule has 0 aromatic heterocycles. The number of ether oxygens (including phenoxy) is 3. The van der Waals surface area contributed by atoms with E-state index in [1.165, 1.54) is 25.5 Å². The van der Waals surface area contributed by atoms with Gasteiger partial charge in [0.2, 0.25) is 0 Å². The topological polar surface area (TPSA) is 112 Å². The molecule has 0 spiro atoms. The van der Waals surface area contributed by atoms with Gasteiger partial charge < -0.3 is 14.2 Å². The predicted octanol–water partition coefficient (Wildman–Crippen LogP) is 6.94. The van der Waals surface area contributed by atoms with Crippen LogP contribution in [0.2, 0.25) is 5.02 Å². The van der Waals surface area contributed by atoms with Gasteiger partial charge in [-0.15, -0.1) is 0 Å². The van der Waals surface area contributed by atoms with Crippen molar-refractivity contribution < 1.29 is 23.9 Å². The van der Waals surface area contributed by atoms with E-state index in [2.05, 4.69) is 26.5 Å². The molecule has 1 N–H and O–H groups in total. The fourth-order valence-corrected chi connectivity index (χ4v) is 4.36. The lowest BCUT2D eigenvalue weighted by molar-refractivity contribution is -0.384. The van der Waals surface area contributed by atoms with Crippen LogP contribution in [-0.4, -0.2) is 24.2 Å². The number of methoxy groups -OCH3 is 1. The number of nitro groups is 1. The van der Waals surface area contributed by atoms with Gasteiger partial charge in [-0.2, -0.15) is 5.10 Å². The first kappa shape index (κ1) is 28.6. The summed E-state index contributed by atoms with van der Waals surface area (Å²) in [5, 5.41) is 15.5. The third-order valence-electron chi connectivity index (χ3n) is 5.63. The van der Waals surface area contributed by atoms with Crippen molar-refractivity contribution >= 4 is 45.3 Å². The van der Waals surface area contributed by atoms with Crippen LogP contribution in [0.15, 0.2) is 94.5 Å². The molecule has 4 aromatic carbocycles. The van der Waals surface area contributed by atoms with Crippen molar-refractivity contribution in [3.05, 3.63) is 127 Å². The van der Waals surface area contributed by atoms with Crippen molar-refractivity contribution in [1.29, 1.82) is 0 Å². The first-order valence-corrected chi connectivity index (χ1v) is 13.0. The molecule has 9 nitrogen and oxygen atoms in total. The number of amides is 1. The van der Waals surface area contributed by atoms with Gasteiger partial charge in [0, 0.05) is 22.7 Å². The number of hydrazone groups is 1. The van der Waals surface area contributed by atoms with Gasteiger partial charge in [0.1, 0.15) is 19.0 Å². The Bertz CT molecular complexity index is 1550. The lowest BCUT2D eigenvalue weighted by atomic mass is 10.2. The second kappa shape index (κ2) is 13.6. The zero-order valence-corrected chi connectivity index (χ0v) is 23.5. The predicted molar refractivity (Wildman–Crippen MR) is 155 cm³/mol. The highest BCUT2D eigenvalue weighted by Crippen LogP contribution is 2.37. The summed E-state index contributed by atoms with van der Waals surface area (Å²) in [6, 6.07) is 23.7. The number of rotatable bonds is 11. The fourth-order valence-electron chi connectivity index (χ4n) is 3.60. The summed E-state index contributed by atoms with van der Waals surface area (Å²) in [5.41, 5.74) is 5.03. The molecule has 0 unspecified atom stereocenters. The molecule has 0 aliphatic heterocycles. The Morgan fingerprint density at radius 3 is 2.45 bits per heavy atom. The number of nitro benzene ring substituents is 1. The lowest BCUT2D eigenvalue weighted by Gasteiger charge is -2.13. The number of carbonyl (C=O) groups excluding carboxylic acids is 1. The maximum absolute atomic E-state index is 12.8. The highest BCUT2D eigenvalue weighted by molar-refractivity contribution is 9.10. The van der Waals surface area contributed by atoms with Crippen molar-refractivity contribution in [1.82, 2.24) is 5.43 Å². The number of hydrogen-bond donors (Lipinski definition) is 1. The highest BCUT2D eigenvalue weighted by Gasteiger charge is 2.14. The summed E-state index contributed by atoms with van der Waals surface area (Å²) in [5.74, 6) is 0.836. The van der Waals surface area contributed by atoms with Crippen LogP contribution in [0.25, 0.3) is 0 Å². The first-order chi connectivity index (χ1) is 19.4. The third kappa shape index (κ3) is 7.37. The van der Waals surface area contributed by atoms with Crippen LogP contribution in [0.4, 0.5) is 5.69 Å². The maximum Gasteiger partial charge on any atom is 0.275 e. The SMILES string of the molecule is COc1cc(/C=N/NC(=O)c2ccccc2OCc2ccccc2Cl)cc(Br)c1OCc1ccc([N+](=O)[O-])cc1. The number of nitrogens with one attached hydrogen (secondary N) is 1. The van der Waals surface area contributed by atoms with Crippen LogP contribution in [0.5, 0.6) is 17.2 Å². The van der Waals surface area contributed by atoms with Crippen LogP contribution in [-0.2, 0) is 13.2 Å². The van der Waals surface area contributed by atoms with Gasteiger partial charge >= 0.3 is 0 Å². The molecule has 0 atom stereocenters. The van der Waals surface area contributed by atoms with Crippen LogP contribution in [0.1, 0.15) is 27.0 Å². The van der Waals surface area contributed by atoms with Crippen molar-refractivity contribution in [2.45, 2.75) is 13.2 Å². The molecule has 0 aliphatic rings. The molecule has 0 saturated heterocycles. The summed E-state index contributed by atoms with van der Waals surface area (Å²) >= 11 is 9.69. The maximum atomic E-state index is 12.8. The monoisotopic (exact) mass is 623 g/mol. The number of hydrogen-bond acceptors (Lipinski definition) is 7. The van der Waals surface area contributed by atoms with Gasteiger partial charge in [0.05, 0.1) is 28.3 Å². The van der Waals surface area contributed by atoms with E-state index in [1.54, 1.807) is 54.6 Å². The Balaban J connectivity index is 1.40. The van der Waals surface area contributed by atoms with Crippen LogP contribution in [0, 0.1) is 10.1 Å². The van der Waals surface area contributed by atoms with Gasteiger partial charge in [-0.05, 0) is 69.5 Å².